The molecule has 0 saturated carbocycles. The van der Waals surface area contributed by atoms with Crippen LogP contribution in [0.15, 0.2) is 58.0 Å². The topological polar surface area (TPSA) is 81.2 Å². The summed E-state index contributed by atoms with van der Waals surface area (Å²) in [4.78, 5) is 30.5. The van der Waals surface area contributed by atoms with Crippen LogP contribution in [-0.2, 0) is 17.8 Å². The zero-order valence-corrected chi connectivity index (χ0v) is 13.6. The second-order valence-corrected chi connectivity index (χ2v) is 6.02. The van der Waals surface area contributed by atoms with Gasteiger partial charge in [0, 0.05) is 24.1 Å². The van der Waals surface area contributed by atoms with Gasteiger partial charge in [0.25, 0.3) is 5.89 Å². The maximum Gasteiger partial charge on any atom is 0.437 e. The summed E-state index contributed by atoms with van der Waals surface area (Å²) in [5.41, 5.74) is 2.61. The van der Waals surface area contributed by atoms with Crippen LogP contribution in [0.1, 0.15) is 12.5 Å². The van der Waals surface area contributed by atoms with Gasteiger partial charge in [-0.25, -0.2) is 4.79 Å². The second kappa shape index (κ2) is 6.01. The molecule has 0 bridgehead atoms. The quantitative estimate of drug-likeness (QED) is 0.729. The van der Waals surface area contributed by atoms with Gasteiger partial charge in [0.05, 0.1) is 5.56 Å². The van der Waals surface area contributed by atoms with Crippen molar-refractivity contribution in [1.82, 2.24) is 14.8 Å². The molecule has 0 saturated heterocycles. The van der Waals surface area contributed by atoms with Crippen LogP contribution in [-0.4, -0.2) is 26.7 Å². The summed E-state index contributed by atoms with van der Waals surface area (Å²) < 4.78 is 6.20. The van der Waals surface area contributed by atoms with E-state index < -0.39 is 5.76 Å². The second-order valence-electron chi connectivity index (χ2n) is 6.02. The lowest BCUT2D eigenvalue weighted by atomic mass is 10.1. The predicted octanol–water partition coefficient (Wildman–Crippen LogP) is 1.88. The third kappa shape index (κ3) is 2.73. The van der Waals surface area contributed by atoms with Crippen molar-refractivity contribution in [3.63, 3.8) is 0 Å². The molecule has 0 aliphatic carbocycles. The number of carbonyl (C=O) groups is 1. The van der Waals surface area contributed by atoms with Crippen LogP contribution in [0, 0.1) is 0 Å². The maximum atomic E-state index is 12.8. The van der Waals surface area contributed by atoms with E-state index in [1.165, 1.54) is 0 Å². The first-order valence-corrected chi connectivity index (χ1v) is 8.02. The van der Waals surface area contributed by atoms with Crippen molar-refractivity contribution in [2.24, 2.45) is 0 Å². The first kappa shape index (κ1) is 15.3. The molecule has 0 N–H and O–H groups in total. The van der Waals surface area contributed by atoms with E-state index in [1.807, 2.05) is 31.2 Å². The summed E-state index contributed by atoms with van der Waals surface area (Å²) in [5.74, 6) is -0.696. The van der Waals surface area contributed by atoms with Crippen LogP contribution in [0.3, 0.4) is 0 Å². The van der Waals surface area contributed by atoms with Crippen LogP contribution in [0.5, 0.6) is 0 Å². The molecule has 7 nitrogen and oxygen atoms in total. The van der Waals surface area contributed by atoms with Crippen molar-refractivity contribution < 1.29 is 9.21 Å². The third-order valence-corrected chi connectivity index (χ3v) is 4.28. The number of hydrogen-bond donors (Lipinski definition) is 0. The van der Waals surface area contributed by atoms with Crippen molar-refractivity contribution in [2.75, 3.05) is 4.90 Å². The van der Waals surface area contributed by atoms with E-state index in [2.05, 4.69) is 10.1 Å². The Morgan fingerprint density at radius 2 is 2.12 bits per heavy atom. The van der Waals surface area contributed by atoms with Gasteiger partial charge in [0.2, 0.25) is 5.91 Å². The molecular weight excluding hydrogens is 320 g/mol. The van der Waals surface area contributed by atoms with Gasteiger partial charge < -0.3 is 9.32 Å². The number of benzene rings is 1. The maximum absolute atomic E-state index is 12.8. The number of para-hydroxylation sites is 1. The number of aromatic nitrogens is 3. The lowest BCUT2D eigenvalue weighted by Crippen LogP contribution is -2.39. The predicted molar refractivity (Wildman–Crippen MR) is 91.1 cm³/mol. The van der Waals surface area contributed by atoms with E-state index >= 15 is 0 Å². The van der Waals surface area contributed by atoms with Gasteiger partial charge >= 0.3 is 5.76 Å². The Morgan fingerprint density at radius 1 is 1.28 bits per heavy atom. The molecule has 0 spiro atoms. The van der Waals surface area contributed by atoms with Crippen LogP contribution in [0.2, 0.25) is 0 Å². The van der Waals surface area contributed by atoms with E-state index in [9.17, 15) is 9.59 Å². The molecule has 1 aliphatic heterocycles. The molecule has 7 heteroatoms. The zero-order valence-electron chi connectivity index (χ0n) is 13.6. The molecule has 0 fully saturated rings. The lowest BCUT2D eigenvalue weighted by molar-refractivity contribution is -0.119. The molecule has 1 aliphatic rings. The number of nitrogens with zero attached hydrogens (tertiary/aromatic N) is 4. The van der Waals surface area contributed by atoms with Crippen molar-refractivity contribution in [3.8, 4) is 11.5 Å². The first-order valence-electron chi connectivity index (χ1n) is 8.02. The highest BCUT2D eigenvalue weighted by atomic mass is 16.4. The molecule has 0 unspecified atom stereocenters. The zero-order chi connectivity index (χ0) is 17.4. The minimum absolute atomic E-state index is 0.0466. The number of rotatable bonds is 3. The molecule has 2 aromatic heterocycles. The average Bonchev–Trinajstić information content (AvgIpc) is 3.15. The average molecular weight is 336 g/mol. The number of anilines is 1. The SMILES string of the molecule is C[C@H]1Cc2ccccc2N1C(=O)Cn1nc(-c2cccnc2)oc1=O. The van der Waals surface area contributed by atoms with Gasteiger partial charge in [0.15, 0.2) is 0 Å². The molecule has 1 atom stereocenters. The van der Waals surface area contributed by atoms with Crippen molar-refractivity contribution >= 4 is 11.6 Å². The Bertz CT molecular complexity index is 977. The molecule has 0 radical (unpaired) electrons. The Labute approximate surface area is 143 Å². The highest BCUT2D eigenvalue weighted by Gasteiger charge is 2.31. The summed E-state index contributed by atoms with van der Waals surface area (Å²) in [6.07, 6.45) is 3.97. The Hall–Kier alpha value is -3.22. The molecular formula is C18H16N4O3. The Morgan fingerprint density at radius 3 is 2.92 bits per heavy atom. The monoisotopic (exact) mass is 336 g/mol. The van der Waals surface area contributed by atoms with Crippen molar-refractivity contribution in [2.45, 2.75) is 25.9 Å². The molecule has 1 amide bonds. The third-order valence-electron chi connectivity index (χ3n) is 4.28. The van der Waals surface area contributed by atoms with Gasteiger partial charge in [-0.1, -0.05) is 18.2 Å². The molecule has 1 aromatic carbocycles. The van der Waals surface area contributed by atoms with Crippen molar-refractivity contribution in [1.29, 1.82) is 0 Å². The summed E-state index contributed by atoms with van der Waals surface area (Å²) in [6.45, 7) is 1.83. The minimum Gasteiger partial charge on any atom is -0.388 e. The van der Waals surface area contributed by atoms with E-state index in [1.54, 1.807) is 29.4 Å². The fourth-order valence-corrected chi connectivity index (χ4v) is 3.16. The molecule has 3 aromatic rings. The van der Waals surface area contributed by atoms with E-state index in [4.69, 9.17) is 4.42 Å². The summed E-state index contributed by atoms with van der Waals surface area (Å²) >= 11 is 0. The molecule has 25 heavy (non-hydrogen) atoms. The number of carbonyl (C=O) groups excluding carboxylic acids is 1. The highest BCUT2D eigenvalue weighted by Crippen LogP contribution is 2.31. The van der Waals surface area contributed by atoms with Crippen LogP contribution in [0.4, 0.5) is 5.69 Å². The van der Waals surface area contributed by atoms with Gasteiger partial charge in [-0.15, -0.1) is 5.10 Å². The number of fused-ring (bicyclic) bond motifs is 1. The molecule has 3 heterocycles. The number of amides is 1. The van der Waals surface area contributed by atoms with E-state index in [0.717, 1.165) is 22.4 Å². The lowest BCUT2D eigenvalue weighted by Gasteiger charge is -2.22. The first-order chi connectivity index (χ1) is 12.1. The van der Waals surface area contributed by atoms with Gasteiger partial charge in [0.1, 0.15) is 6.54 Å². The van der Waals surface area contributed by atoms with Gasteiger partial charge in [-0.2, -0.15) is 4.68 Å². The van der Waals surface area contributed by atoms with Gasteiger partial charge in [-0.3, -0.25) is 9.78 Å². The van der Waals surface area contributed by atoms with Crippen LogP contribution in [0.25, 0.3) is 11.5 Å². The van der Waals surface area contributed by atoms with E-state index in [-0.39, 0.29) is 24.4 Å². The Kier molecular flexibility index (Phi) is 3.68. The number of pyridine rings is 1. The Balaban J connectivity index is 1.60. The fraction of sp³-hybridized carbons (Fsp3) is 0.222. The largest absolute Gasteiger partial charge is 0.437 e. The highest BCUT2D eigenvalue weighted by molar-refractivity contribution is 5.96. The van der Waals surface area contributed by atoms with Crippen molar-refractivity contribution in [3.05, 3.63) is 64.9 Å². The summed E-state index contributed by atoms with van der Waals surface area (Å²) in [6, 6.07) is 11.3. The minimum atomic E-state index is -0.660. The van der Waals surface area contributed by atoms with Gasteiger partial charge in [-0.05, 0) is 37.1 Å². The summed E-state index contributed by atoms with van der Waals surface area (Å²) in [7, 11) is 0. The van der Waals surface area contributed by atoms with E-state index in [0.29, 0.717) is 5.56 Å². The van der Waals surface area contributed by atoms with Crippen LogP contribution >= 0.6 is 0 Å². The number of hydrogen-bond acceptors (Lipinski definition) is 5. The van der Waals surface area contributed by atoms with Crippen LogP contribution < -0.4 is 10.7 Å². The molecule has 126 valence electrons. The normalized spacial score (nSPS) is 16.0. The standard InChI is InChI=1S/C18H16N4O3/c1-12-9-13-5-2-3-7-15(13)22(12)16(23)11-21-18(24)25-17(20-21)14-6-4-8-19-10-14/h2-8,10,12H,9,11H2,1H3/t12-/m0/s1. The summed E-state index contributed by atoms with van der Waals surface area (Å²) in [5, 5.41) is 4.12. The smallest absolute Gasteiger partial charge is 0.388 e. The molecule has 4 rings (SSSR count). The fourth-order valence-electron chi connectivity index (χ4n) is 3.16.